The third-order valence-corrected chi connectivity index (χ3v) is 2.58. The van der Waals surface area contributed by atoms with Crippen molar-refractivity contribution in [2.75, 3.05) is 11.9 Å². The summed E-state index contributed by atoms with van der Waals surface area (Å²) in [5.41, 5.74) is 1.29. The van der Waals surface area contributed by atoms with Gasteiger partial charge < -0.3 is 4.90 Å². The average molecular weight is 245 g/mol. The highest BCUT2D eigenvalue weighted by molar-refractivity contribution is 6.30. The summed E-state index contributed by atoms with van der Waals surface area (Å²) in [6, 6.07) is 11.0. The quantitative estimate of drug-likeness (QED) is 0.815. The maximum atomic E-state index is 8.77. The largest absolute Gasteiger partial charge is 0.329 e. The molecule has 0 saturated carbocycles. The number of anilines is 2. The minimum absolute atomic E-state index is 0.343. The van der Waals surface area contributed by atoms with Crippen LogP contribution in [0.15, 0.2) is 36.7 Å². The molecule has 0 aliphatic carbocycles. The first-order valence-electron chi connectivity index (χ1n) is 4.92. The average Bonchev–Trinajstić information content (AvgIpc) is 2.39. The van der Waals surface area contributed by atoms with E-state index in [4.69, 9.17) is 16.9 Å². The molecule has 5 heteroatoms. The van der Waals surface area contributed by atoms with Crippen LogP contribution < -0.4 is 4.90 Å². The number of nitriles is 1. The van der Waals surface area contributed by atoms with Gasteiger partial charge in [0.1, 0.15) is 23.9 Å². The Morgan fingerprint density at radius 2 is 1.94 bits per heavy atom. The lowest BCUT2D eigenvalue weighted by Crippen LogP contribution is -2.11. The van der Waals surface area contributed by atoms with E-state index in [1.54, 1.807) is 18.2 Å². The van der Waals surface area contributed by atoms with Gasteiger partial charge in [-0.1, -0.05) is 11.6 Å². The van der Waals surface area contributed by atoms with Crippen LogP contribution in [-0.4, -0.2) is 17.0 Å². The molecule has 0 radical (unpaired) electrons. The molecular formula is C12H9ClN4. The highest BCUT2D eigenvalue weighted by atomic mass is 35.5. The van der Waals surface area contributed by atoms with E-state index in [9.17, 15) is 0 Å². The summed E-state index contributed by atoms with van der Waals surface area (Å²) in [4.78, 5) is 9.80. The Balaban J connectivity index is 2.33. The monoisotopic (exact) mass is 244 g/mol. The van der Waals surface area contributed by atoms with Gasteiger partial charge in [-0.3, -0.25) is 0 Å². The van der Waals surface area contributed by atoms with Crippen LogP contribution in [0.1, 0.15) is 5.69 Å². The molecule has 0 bridgehead atoms. The molecule has 1 heterocycles. The van der Waals surface area contributed by atoms with Crippen molar-refractivity contribution in [1.82, 2.24) is 9.97 Å². The highest BCUT2D eigenvalue weighted by Crippen LogP contribution is 2.23. The number of rotatable bonds is 2. The normalized spacial score (nSPS) is 9.71. The van der Waals surface area contributed by atoms with Crippen molar-refractivity contribution in [3.05, 3.63) is 47.4 Å². The summed E-state index contributed by atoms with van der Waals surface area (Å²) in [5.74, 6) is 0.666. The van der Waals surface area contributed by atoms with E-state index in [2.05, 4.69) is 9.97 Å². The van der Waals surface area contributed by atoms with Gasteiger partial charge in [0.2, 0.25) is 0 Å². The Bertz CT molecular complexity index is 559. The number of nitrogens with zero attached hydrogens (tertiary/aromatic N) is 4. The molecule has 0 saturated heterocycles. The van der Waals surface area contributed by atoms with Crippen LogP contribution in [0.2, 0.25) is 5.02 Å². The van der Waals surface area contributed by atoms with Crippen molar-refractivity contribution < 1.29 is 0 Å². The molecule has 0 atom stereocenters. The fourth-order valence-electron chi connectivity index (χ4n) is 1.39. The molecule has 0 spiro atoms. The molecule has 1 aromatic carbocycles. The predicted octanol–water partition coefficient (Wildman–Crippen LogP) is 2.77. The fourth-order valence-corrected chi connectivity index (χ4v) is 1.51. The molecular weight excluding hydrogens is 236 g/mol. The second-order valence-electron chi connectivity index (χ2n) is 3.41. The van der Waals surface area contributed by atoms with Crippen LogP contribution in [0.5, 0.6) is 0 Å². The van der Waals surface area contributed by atoms with E-state index < -0.39 is 0 Å². The second kappa shape index (κ2) is 4.81. The van der Waals surface area contributed by atoms with Crippen LogP contribution >= 0.6 is 11.6 Å². The van der Waals surface area contributed by atoms with Gasteiger partial charge in [0.05, 0.1) is 0 Å². The molecule has 4 nitrogen and oxygen atoms in total. The molecule has 0 amide bonds. The number of hydrogen-bond donors (Lipinski definition) is 0. The SMILES string of the molecule is CN(c1ccc(Cl)cc1)c1cc(C#N)ncn1. The zero-order valence-corrected chi connectivity index (χ0v) is 9.89. The summed E-state index contributed by atoms with van der Waals surface area (Å²) in [5, 5.41) is 9.46. The zero-order valence-electron chi connectivity index (χ0n) is 9.13. The summed E-state index contributed by atoms with van der Waals surface area (Å²) in [7, 11) is 1.87. The lowest BCUT2D eigenvalue weighted by Gasteiger charge is -2.17. The molecule has 2 rings (SSSR count). The summed E-state index contributed by atoms with van der Waals surface area (Å²) in [6.45, 7) is 0. The van der Waals surface area contributed by atoms with E-state index in [0.29, 0.717) is 16.5 Å². The Kier molecular flexibility index (Phi) is 3.22. The molecule has 17 heavy (non-hydrogen) atoms. The van der Waals surface area contributed by atoms with Gasteiger partial charge in [-0.25, -0.2) is 9.97 Å². The second-order valence-corrected chi connectivity index (χ2v) is 3.85. The van der Waals surface area contributed by atoms with Gasteiger partial charge in [-0.05, 0) is 24.3 Å². The Labute approximate surface area is 104 Å². The minimum atomic E-state index is 0.343. The van der Waals surface area contributed by atoms with Gasteiger partial charge in [0.25, 0.3) is 0 Å². The number of benzene rings is 1. The first-order chi connectivity index (χ1) is 8.20. The van der Waals surface area contributed by atoms with Gasteiger partial charge in [0, 0.05) is 23.8 Å². The lowest BCUT2D eigenvalue weighted by atomic mass is 10.3. The van der Waals surface area contributed by atoms with Crippen molar-refractivity contribution in [3.8, 4) is 6.07 Å². The van der Waals surface area contributed by atoms with Crippen molar-refractivity contribution in [3.63, 3.8) is 0 Å². The molecule has 0 N–H and O–H groups in total. The Hall–Kier alpha value is -2.12. The topological polar surface area (TPSA) is 52.8 Å². The third kappa shape index (κ3) is 2.52. The number of aromatic nitrogens is 2. The van der Waals surface area contributed by atoms with Crippen molar-refractivity contribution in [2.45, 2.75) is 0 Å². The van der Waals surface area contributed by atoms with Crippen LogP contribution in [0.4, 0.5) is 11.5 Å². The maximum absolute atomic E-state index is 8.77. The van der Waals surface area contributed by atoms with Gasteiger partial charge in [-0.2, -0.15) is 5.26 Å². The zero-order chi connectivity index (χ0) is 12.3. The van der Waals surface area contributed by atoms with Crippen LogP contribution in [0.25, 0.3) is 0 Å². The van der Waals surface area contributed by atoms with E-state index in [-0.39, 0.29) is 0 Å². The van der Waals surface area contributed by atoms with Crippen molar-refractivity contribution in [2.24, 2.45) is 0 Å². The van der Waals surface area contributed by atoms with Gasteiger partial charge >= 0.3 is 0 Å². The van der Waals surface area contributed by atoms with Crippen LogP contribution in [-0.2, 0) is 0 Å². The lowest BCUT2D eigenvalue weighted by molar-refractivity contribution is 1.07. The van der Waals surface area contributed by atoms with Crippen molar-refractivity contribution >= 4 is 23.1 Å². The van der Waals surface area contributed by atoms with Gasteiger partial charge in [0.15, 0.2) is 0 Å². The van der Waals surface area contributed by atoms with Crippen LogP contribution in [0, 0.1) is 11.3 Å². The summed E-state index contributed by atoms with van der Waals surface area (Å²) >= 11 is 5.82. The maximum Gasteiger partial charge on any atom is 0.145 e. The first-order valence-corrected chi connectivity index (χ1v) is 5.30. The number of hydrogen-bond acceptors (Lipinski definition) is 4. The Morgan fingerprint density at radius 3 is 2.59 bits per heavy atom. The molecule has 84 valence electrons. The standard InChI is InChI=1S/C12H9ClN4/c1-17(11-4-2-9(13)3-5-11)12-6-10(7-14)15-8-16-12/h2-6,8H,1H3. The fraction of sp³-hybridized carbons (Fsp3) is 0.0833. The molecule has 0 fully saturated rings. The Morgan fingerprint density at radius 1 is 1.24 bits per heavy atom. The summed E-state index contributed by atoms with van der Waals surface area (Å²) in [6.07, 6.45) is 1.38. The van der Waals surface area contributed by atoms with E-state index in [1.807, 2.05) is 30.1 Å². The van der Waals surface area contributed by atoms with E-state index in [1.165, 1.54) is 6.33 Å². The molecule has 2 aromatic rings. The van der Waals surface area contributed by atoms with E-state index >= 15 is 0 Å². The van der Waals surface area contributed by atoms with Crippen LogP contribution in [0.3, 0.4) is 0 Å². The molecule has 1 aromatic heterocycles. The smallest absolute Gasteiger partial charge is 0.145 e. The first kappa shape index (κ1) is 11.4. The number of halogens is 1. The molecule has 0 unspecified atom stereocenters. The summed E-state index contributed by atoms with van der Waals surface area (Å²) < 4.78 is 0. The van der Waals surface area contributed by atoms with E-state index in [0.717, 1.165) is 5.69 Å². The third-order valence-electron chi connectivity index (χ3n) is 2.32. The predicted molar refractivity (Wildman–Crippen MR) is 66.3 cm³/mol. The van der Waals surface area contributed by atoms with Crippen molar-refractivity contribution in [1.29, 1.82) is 5.26 Å². The molecule has 0 aliphatic rings. The van der Waals surface area contributed by atoms with Gasteiger partial charge in [-0.15, -0.1) is 0 Å². The highest BCUT2D eigenvalue weighted by Gasteiger charge is 2.06. The minimum Gasteiger partial charge on any atom is -0.329 e. The molecule has 0 aliphatic heterocycles.